The van der Waals surface area contributed by atoms with Crippen molar-refractivity contribution in [3.05, 3.63) is 193 Å². The molecule has 0 aliphatic carbocycles. The normalized spacial score (nSPS) is 12.3. The Balaban J connectivity index is 1.33. The largest absolute Gasteiger partial charge is 0.0616 e. The predicted octanol–water partition coefficient (Wildman–Crippen LogP) is 16.7. The Hall–Kier alpha value is -6.50. The van der Waals surface area contributed by atoms with Gasteiger partial charge in [-0.3, -0.25) is 0 Å². The molecule has 0 unspecified atom stereocenters. The number of hydrogen-bond acceptors (Lipinski definition) is 0. The molecule has 0 aromatic heterocycles. The van der Waals surface area contributed by atoms with Crippen LogP contribution in [0.2, 0.25) is 0 Å². The minimum atomic E-state index is -0.0197. The van der Waals surface area contributed by atoms with Gasteiger partial charge in [-0.2, -0.15) is 0 Å². The predicted molar refractivity (Wildman–Crippen MR) is 253 cm³/mol. The van der Waals surface area contributed by atoms with Gasteiger partial charge in [0.2, 0.25) is 0 Å². The highest BCUT2D eigenvalue weighted by atomic mass is 14.3. The van der Waals surface area contributed by atoms with Crippen molar-refractivity contribution >= 4 is 53.9 Å². The maximum atomic E-state index is 2.49. The molecule has 0 amide bonds. The zero-order valence-electron chi connectivity index (χ0n) is 34.3. The minimum Gasteiger partial charge on any atom is -0.0616 e. The van der Waals surface area contributed by atoms with Crippen LogP contribution >= 0.6 is 0 Å². The zero-order valence-corrected chi connectivity index (χ0v) is 34.3. The summed E-state index contributed by atoms with van der Waals surface area (Å²) in [6.07, 6.45) is 0. The van der Waals surface area contributed by atoms with E-state index in [1.54, 1.807) is 0 Å². The second kappa shape index (κ2) is 13.6. The average Bonchev–Trinajstić information content (AvgIpc) is 3.23. The molecule has 10 rings (SSSR count). The topological polar surface area (TPSA) is 0 Å². The Bertz CT molecular complexity index is 3230. The molecule has 0 spiro atoms. The van der Waals surface area contributed by atoms with Gasteiger partial charge in [0.1, 0.15) is 0 Å². The molecule has 0 N–H and O–H groups in total. The summed E-state index contributed by atoms with van der Waals surface area (Å²) in [5.74, 6) is 0. The van der Waals surface area contributed by atoms with Crippen LogP contribution in [0, 0.1) is 0 Å². The average molecular weight is 745 g/mol. The van der Waals surface area contributed by atoms with Crippen LogP contribution in [0.25, 0.3) is 98.4 Å². The summed E-state index contributed by atoms with van der Waals surface area (Å²) in [5, 5.41) is 12.7. The summed E-state index contributed by atoms with van der Waals surface area (Å²) < 4.78 is 0. The lowest BCUT2D eigenvalue weighted by molar-refractivity contribution is 0.590. The highest BCUT2D eigenvalue weighted by molar-refractivity contribution is 6.22. The lowest BCUT2D eigenvalue weighted by Gasteiger charge is -2.25. The smallest absolute Gasteiger partial charge is 0.00260 e. The van der Waals surface area contributed by atoms with Crippen LogP contribution in [-0.4, -0.2) is 0 Å². The molecule has 0 atom stereocenters. The van der Waals surface area contributed by atoms with E-state index in [9.17, 15) is 0 Å². The molecule has 0 heterocycles. The molecule has 0 aliphatic heterocycles. The van der Waals surface area contributed by atoms with E-state index < -0.39 is 0 Å². The van der Waals surface area contributed by atoms with Crippen LogP contribution in [-0.2, 0) is 10.8 Å². The molecule has 58 heavy (non-hydrogen) atoms. The molecule has 0 bridgehead atoms. The van der Waals surface area contributed by atoms with Crippen LogP contribution in [0.4, 0.5) is 0 Å². The van der Waals surface area contributed by atoms with Crippen molar-refractivity contribution in [2.24, 2.45) is 0 Å². The number of rotatable bonds is 4. The van der Waals surface area contributed by atoms with Crippen LogP contribution in [0.3, 0.4) is 0 Å². The van der Waals surface area contributed by atoms with Gasteiger partial charge in [0.05, 0.1) is 0 Å². The summed E-state index contributed by atoms with van der Waals surface area (Å²) in [7, 11) is 0. The number of hydrogen-bond donors (Lipinski definition) is 0. The van der Waals surface area contributed by atoms with E-state index in [0.29, 0.717) is 0 Å². The van der Waals surface area contributed by atoms with Crippen LogP contribution in [0.1, 0.15) is 52.7 Å². The highest BCUT2D eigenvalue weighted by Crippen LogP contribution is 2.48. The summed E-state index contributed by atoms with van der Waals surface area (Å²) in [5.41, 5.74) is 12.6. The first-order valence-corrected chi connectivity index (χ1v) is 20.7. The van der Waals surface area contributed by atoms with E-state index in [4.69, 9.17) is 0 Å². The molecule has 0 heteroatoms. The van der Waals surface area contributed by atoms with Gasteiger partial charge in [0.15, 0.2) is 0 Å². The van der Waals surface area contributed by atoms with Gasteiger partial charge in [0, 0.05) is 0 Å². The van der Waals surface area contributed by atoms with E-state index in [2.05, 4.69) is 224 Å². The standard InChI is InChI=1S/C58H48/c1-57(2,3)45-28-31-51-53(35-45)55(43-25-23-38-15-8-10-18-41(38)33-43)50-30-27-46(58(4,5)6)36-54(50)56(51)44-26-29-49(48-21-13-19-39-16-11-12-20-47(39)48)52(34-44)42-24-22-37-14-7-9-17-40(37)32-42/h7-36H,1-6H3. The van der Waals surface area contributed by atoms with Gasteiger partial charge in [-0.25, -0.2) is 0 Å². The van der Waals surface area contributed by atoms with Crippen molar-refractivity contribution in [1.82, 2.24) is 0 Å². The van der Waals surface area contributed by atoms with Crippen molar-refractivity contribution in [2.75, 3.05) is 0 Å². The van der Waals surface area contributed by atoms with E-state index in [0.717, 1.165) is 0 Å². The van der Waals surface area contributed by atoms with Gasteiger partial charge in [-0.05, 0) is 151 Å². The summed E-state index contributed by atoms with van der Waals surface area (Å²) in [6.45, 7) is 13.9. The minimum absolute atomic E-state index is 0.0105. The fourth-order valence-electron chi connectivity index (χ4n) is 9.12. The molecule has 0 saturated carbocycles. The Kier molecular flexibility index (Phi) is 8.39. The Labute approximate surface area is 342 Å². The first-order valence-electron chi connectivity index (χ1n) is 20.7. The molecule has 0 radical (unpaired) electrons. The highest BCUT2D eigenvalue weighted by Gasteiger charge is 2.24. The fraction of sp³-hybridized carbons (Fsp3) is 0.138. The summed E-state index contributed by atoms with van der Waals surface area (Å²) in [6, 6.07) is 68.6. The van der Waals surface area contributed by atoms with Gasteiger partial charge >= 0.3 is 0 Å². The van der Waals surface area contributed by atoms with Crippen LogP contribution < -0.4 is 0 Å². The van der Waals surface area contributed by atoms with Gasteiger partial charge in [-0.15, -0.1) is 0 Å². The van der Waals surface area contributed by atoms with Crippen molar-refractivity contribution in [3.8, 4) is 44.5 Å². The SMILES string of the molecule is CC(C)(C)c1ccc2c(-c3ccc4ccccc4c3)c3cc(C(C)(C)C)ccc3c(-c3ccc(-c4cccc5ccccc45)c(-c4ccc5ccccc5c4)c3)c2c1. The van der Waals surface area contributed by atoms with Crippen molar-refractivity contribution in [1.29, 1.82) is 0 Å². The van der Waals surface area contributed by atoms with E-state index in [1.807, 2.05) is 0 Å². The Morgan fingerprint density at radius 1 is 0.259 bits per heavy atom. The Morgan fingerprint density at radius 3 is 1.31 bits per heavy atom. The van der Waals surface area contributed by atoms with Crippen LogP contribution in [0.15, 0.2) is 182 Å². The number of benzene rings is 10. The van der Waals surface area contributed by atoms with Crippen molar-refractivity contribution < 1.29 is 0 Å². The van der Waals surface area contributed by atoms with E-state index in [1.165, 1.54) is 109 Å². The van der Waals surface area contributed by atoms with Crippen molar-refractivity contribution in [2.45, 2.75) is 52.4 Å². The quantitative estimate of drug-likeness (QED) is 0.157. The molecule has 0 nitrogen and oxygen atoms in total. The van der Waals surface area contributed by atoms with E-state index >= 15 is 0 Å². The summed E-state index contributed by atoms with van der Waals surface area (Å²) in [4.78, 5) is 0. The molecule has 0 saturated heterocycles. The van der Waals surface area contributed by atoms with E-state index in [-0.39, 0.29) is 10.8 Å². The van der Waals surface area contributed by atoms with Crippen molar-refractivity contribution in [3.63, 3.8) is 0 Å². The monoisotopic (exact) mass is 744 g/mol. The number of fused-ring (bicyclic) bond motifs is 5. The molecule has 0 aliphatic rings. The molecular weight excluding hydrogens is 697 g/mol. The van der Waals surface area contributed by atoms with Gasteiger partial charge < -0.3 is 0 Å². The summed E-state index contributed by atoms with van der Waals surface area (Å²) >= 11 is 0. The third-order valence-electron chi connectivity index (χ3n) is 12.3. The Morgan fingerprint density at radius 2 is 0.724 bits per heavy atom. The zero-order chi connectivity index (χ0) is 39.8. The maximum Gasteiger partial charge on any atom is -0.00260 e. The fourth-order valence-corrected chi connectivity index (χ4v) is 9.12. The second-order valence-electron chi connectivity index (χ2n) is 18.2. The first kappa shape index (κ1) is 35.9. The molecular formula is C58H48. The lowest BCUT2D eigenvalue weighted by atomic mass is 9.79. The molecule has 0 fully saturated rings. The third-order valence-corrected chi connectivity index (χ3v) is 12.3. The van der Waals surface area contributed by atoms with Crippen LogP contribution in [0.5, 0.6) is 0 Å². The lowest BCUT2D eigenvalue weighted by Crippen LogP contribution is -2.11. The second-order valence-corrected chi connectivity index (χ2v) is 18.2. The van der Waals surface area contributed by atoms with Gasteiger partial charge in [-0.1, -0.05) is 193 Å². The molecule has 280 valence electrons. The van der Waals surface area contributed by atoms with Gasteiger partial charge in [0.25, 0.3) is 0 Å². The third kappa shape index (κ3) is 6.16. The molecule has 10 aromatic rings. The molecule has 10 aromatic carbocycles. The maximum absolute atomic E-state index is 2.49. The first-order chi connectivity index (χ1) is 28.0.